The van der Waals surface area contributed by atoms with E-state index in [1.165, 1.54) is 12.3 Å². The van der Waals surface area contributed by atoms with Gasteiger partial charge in [0.25, 0.3) is 10.0 Å². The highest BCUT2D eigenvalue weighted by Gasteiger charge is 2.20. The number of imidazole rings is 1. The number of sulfonamides is 1. The van der Waals surface area contributed by atoms with Crippen LogP contribution in [0.15, 0.2) is 27.8 Å². The molecule has 8 heteroatoms. The van der Waals surface area contributed by atoms with Crippen molar-refractivity contribution in [3.8, 4) is 0 Å². The molecule has 1 heterocycles. The van der Waals surface area contributed by atoms with Crippen molar-refractivity contribution < 1.29 is 12.8 Å². The van der Waals surface area contributed by atoms with Gasteiger partial charge in [0.15, 0.2) is 5.03 Å². The van der Waals surface area contributed by atoms with Crippen LogP contribution in [0.25, 0.3) is 0 Å². The molecule has 0 saturated carbocycles. The normalized spacial score (nSPS) is 11.7. The number of rotatable bonds is 4. The fourth-order valence-corrected chi connectivity index (χ4v) is 3.47. The predicted octanol–water partition coefficient (Wildman–Crippen LogP) is 3.22. The Morgan fingerprint density at radius 1 is 1.38 bits per heavy atom. The number of halogens is 2. The van der Waals surface area contributed by atoms with Crippen LogP contribution in [0.3, 0.4) is 0 Å². The van der Waals surface area contributed by atoms with E-state index in [1.54, 1.807) is 18.4 Å². The number of hydrogen-bond acceptors (Lipinski definition) is 3. The van der Waals surface area contributed by atoms with Crippen LogP contribution in [0, 0.1) is 19.7 Å². The quantitative estimate of drug-likeness (QED) is 0.891. The summed E-state index contributed by atoms with van der Waals surface area (Å²) in [5.41, 5.74) is 0.804. The Balaban J connectivity index is 2.39. The SMILES string of the molecule is CCn1cc(S(=O)(=O)Nc2cc(F)c(Br)cc2C)nc1C. The molecule has 1 aromatic carbocycles. The van der Waals surface area contributed by atoms with Gasteiger partial charge in [0.2, 0.25) is 0 Å². The topological polar surface area (TPSA) is 64.0 Å². The van der Waals surface area contributed by atoms with Crippen molar-refractivity contribution in [2.45, 2.75) is 32.3 Å². The molecule has 0 aliphatic carbocycles. The van der Waals surface area contributed by atoms with Gasteiger partial charge in [-0.1, -0.05) is 0 Å². The van der Waals surface area contributed by atoms with Gasteiger partial charge in [0.1, 0.15) is 11.6 Å². The highest BCUT2D eigenvalue weighted by molar-refractivity contribution is 9.10. The van der Waals surface area contributed by atoms with Gasteiger partial charge in [0.05, 0.1) is 10.2 Å². The summed E-state index contributed by atoms with van der Waals surface area (Å²) in [6.45, 7) is 5.94. The summed E-state index contributed by atoms with van der Waals surface area (Å²) in [7, 11) is -3.84. The molecule has 0 radical (unpaired) electrons. The minimum Gasteiger partial charge on any atom is -0.334 e. The zero-order valence-electron chi connectivity index (χ0n) is 11.8. The van der Waals surface area contributed by atoms with Crippen molar-refractivity contribution in [2.75, 3.05) is 4.72 Å². The average molecular weight is 376 g/mol. The van der Waals surface area contributed by atoms with Crippen LogP contribution in [-0.4, -0.2) is 18.0 Å². The summed E-state index contributed by atoms with van der Waals surface area (Å²) in [4.78, 5) is 4.03. The maximum atomic E-state index is 13.6. The molecule has 2 rings (SSSR count). The molecule has 0 saturated heterocycles. The van der Waals surface area contributed by atoms with Gasteiger partial charge >= 0.3 is 0 Å². The summed E-state index contributed by atoms with van der Waals surface area (Å²) in [6.07, 6.45) is 1.46. The van der Waals surface area contributed by atoms with Crippen LogP contribution in [-0.2, 0) is 16.6 Å². The van der Waals surface area contributed by atoms with Crippen molar-refractivity contribution in [3.63, 3.8) is 0 Å². The second kappa shape index (κ2) is 5.76. The van der Waals surface area contributed by atoms with Crippen LogP contribution in [0.1, 0.15) is 18.3 Å². The molecule has 114 valence electrons. The molecule has 1 aromatic heterocycles. The Bertz CT molecular complexity index is 787. The lowest BCUT2D eigenvalue weighted by molar-refractivity contribution is 0.597. The van der Waals surface area contributed by atoms with Crippen molar-refractivity contribution in [2.24, 2.45) is 0 Å². The number of nitrogens with one attached hydrogen (secondary N) is 1. The molecule has 1 N–H and O–H groups in total. The van der Waals surface area contributed by atoms with Gasteiger partial charge in [-0.2, -0.15) is 8.42 Å². The van der Waals surface area contributed by atoms with Crippen LogP contribution in [0.5, 0.6) is 0 Å². The second-order valence-electron chi connectivity index (χ2n) is 4.60. The van der Waals surface area contributed by atoms with E-state index < -0.39 is 15.8 Å². The first kappa shape index (κ1) is 16.0. The minimum absolute atomic E-state index is 0.0791. The van der Waals surface area contributed by atoms with Crippen molar-refractivity contribution >= 4 is 31.6 Å². The highest BCUT2D eigenvalue weighted by Crippen LogP contribution is 2.26. The molecule has 0 fully saturated rings. The van der Waals surface area contributed by atoms with E-state index in [2.05, 4.69) is 25.6 Å². The zero-order chi connectivity index (χ0) is 15.8. The summed E-state index contributed by atoms with van der Waals surface area (Å²) in [5.74, 6) is 0.0742. The Kier molecular flexibility index (Phi) is 4.38. The first-order valence-electron chi connectivity index (χ1n) is 6.27. The van der Waals surface area contributed by atoms with E-state index in [9.17, 15) is 12.8 Å². The van der Waals surface area contributed by atoms with Gasteiger partial charge in [-0.05, 0) is 54.4 Å². The fourth-order valence-electron chi connectivity index (χ4n) is 1.88. The van der Waals surface area contributed by atoms with Crippen LogP contribution >= 0.6 is 15.9 Å². The van der Waals surface area contributed by atoms with Crippen LogP contribution in [0.4, 0.5) is 10.1 Å². The molecule has 0 aliphatic rings. The summed E-state index contributed by atoms with van der Waals surface area (Å²) < 4.78 is 42.6. The number of benzene rings is 1. The van der Waals surface area contributed by atoms with E-state index in [1.807, 2.05) is 6.92 Å². The predicted molar refractivity (Wildman–Crippen MR) is 82.3 cm³/mol. The lowest BCUT2D eigenvalue weighted by Crippen LogP contribution is -2.14. The van der Waals surface area contributed by atoms with Gasteiger partial charge in [0, 0.05) is 12.7 Å². The molecule has 0 amide bonds. The van der Waals surface area contributed by atoms with Crippen LogP contribution in [0.2, 0.25) is 0 Å². The minimum atomic E-state index is -3.84. The third-order valence-corrected chi connectivity index (χ3v) is 4.93. The lowest BCUT2D eigenvalue weighted by Gasteiger charge is -2.09. The second-order valence-corrected chi connectivity index (χ2v) is 7.08. The fraction of sp³-hybridized carbons (Fsp3) is 0.308. The molecule has 0 spiro atoms. The van der Waals surface area contributed by atoms with E-state index in [4.69, 9.17) is 0 Å². The van der Waals surface area contributed by atoms with Crippen LogP contribution < -0.4 is 4.72 Å². The highest BCUT2D eigenvalue weighted by atomic mass is 79.9. The molecule has 0 unspecified atom stereocenters. The van der Waals surface area contributed by atoms with Gasteiger partial charge < -0.3 is 4.57 Å². The van der Waals surface area contributed by atoms with E-state index >= 15 is 0 Å². The molecule has 5 nitrogen and oxygen atoms in total. The average Bonchev–Trinajstić information content (AvgIpc) is 2.78. The molecular formula is C13H15BrFN3O2S. The van der Waals surface area contributed by atoms with E-state index in [0.717, 1.165) is 6.07 Å². The van der Waals surface area contributed by atoms with Crippen molar-refractivity contribution in [3.05, 3.63) is 40.0 Å². The monoisotopic (exact) mass is 375 g/mol. The summed E-state index contributed by atoms with van der Waals surface area (Å²) in [6, 6.07) is 2.66. The smallest absolute Gasteiger partial charge is 0.280 e. The lowest BCUT2D eigenvalue weighted by atomic mass is 10.2. The molecule has 21 heavy (non-hydrogen) atoms. The van der Waals surface area contributed by atoms with Gasteiger partial charge in [-0.3, -0.25) is 4.72 Å². The van der Waals surface area contributed by atoms with Gasteiger partial charge in [-0.25, -0.2) is 9.37 Å². The zero-order valence-corrected chi connectivity index (χ0v) is 14.2. The maximum Gasteiger partial charge on any atom is 0.280 e. The van der Waals surface area contributed by atoms with Crippen molar-refractivity contribution in [1.29, 1.82) is 0 Å². The number of anilines is 1. The number of aromatic nitrogens is 2. The standard InChI is InChI=1S/C13H15BrFN3O2S/c1-4-18-7-13(16-9(18)3)21(19,20)17-12-6-11(15)10(14)5-8(12)2/h5-7,17H,4H2,1-3H3. The first-order valence-corrected chi connectivity index (χ1v) is 8.54. The largest absolute Gasteiger partial charge is 0.334 e. The third-order valence-electron chi connectivity index (χ3n) is 3.08. The summed E-state index contributed by atoms with van der Waals surface area (Å²) in [5, 5.41) is -0.0791. The van der Waals surface area contributed by atoms with Crippen molar-refractivity contribution in [1.82, 2.24) is 9.55 Å². The number of nitrogens with zero attached hydrogens (tertiary/aromatic N) is 2. The first-order chi connectivity index (χ1) is 9.74. The number of aryl methyl sites for hydroxylation is 3. The Morgan fingerprint density at radius 3 is 2.62 bits per heavy atom. The van der Waals surface area contributed by atoms with Gasteiger partial charge in [-0.15, -0.1) is 0 Å². The Morgan fingerprint density at radius 2 is 2.05 bits per heavy atom. The molecule has 2 aromatic rings. The molecule has 0 bridgehead atoms. The molecular weight excluding hydrogens is 361 g/mol. The van der Waals surface area contributed by atoms with E-state index in [-0.39, 0.29) is 15.2 Å². The maximum absolute atomic E-state index is 13.6. The Labute approximate surface area is 131 Å². The number of hydrogen-bond donors (Lipinski definition) is 1. The molecule has 0 atom stereocenters. The van der Waals surface area contributed by atoms with E-state index in [0.29, 0.717) is 17.9 Å². The summed E-state index contributed by atoms with van der Waals surface area (Å²) >= 11 is 3.06. The molecule has 0 aliphatic heterocycles. The third kappa shape index (κ3) is 3.26. The Hall–Kier alpha value is -1.41.